The van der Waals surface area contributed by atoms with E-state index < -0.39 is 0 Å². The molecular formula is C13H20FNOS. The van der Waals surface area contributed by atoms with Gasteiger partial charge < -0.3 is 10.1 Å². The van der Waals surface area contributed by atoms with E-state index in [0.717, 1.165) is 29.2 Å². The van der Waals surface area contributed by atoms with Gasteiger partial charge in [-0.1, -0.05) is 6.07 Å². The number of benzene rings is 1. The Morgan fingerprint density at radius 2 is 2.24 bits per heavy atom. The minimum absolute atomic E-state index is 0.0288. The Labute approximate surface area is 107 Å². The largest absolute Gasteiger partial charge is 0.385 e. The van der Waals surface area contributed by atoms with Gasteiger partial charge in [-0.15, -0.1) is 11.8 Å². The molecule has 0 bridgehead atoms. The Morgan fingerprint density at radius 1 is 1.47 bits per heavy atom. The first-order valence-electron chi connectivity index (χ1n) is 5.78. The molecule has 96 valence electrons. The average Bonchev–Trinajstić information content (AvgIpc) is 2.34. The van der Waals surface area contributed by atoms with Crippen LogP contribution < -0.4 is 5.32 Å². The summed E-state index contributed by atoms with van der Waals surface area (Å²) in [6.45, 7) is 2.72. The number of halogens is 1. The van der Waals surface area contributed by atoms with Gasteiger partial charge in [0.15, 0.2) is 0 Å². The molecule has 17 heavy (non-hydrogen) atoms. The van der Waals surface area contributed by atoms with E-state index in [-0.39, 0.29) is 11.9 Å². The monoisotopic (exact) mass is 257 g/mol. The van der Waals surface area contributed by atoms with Crippen LogP contribution in [-0.2, 0) is 4.74 Å². The summed E-state index contributed by atoms with van der Waals surface area (Å²) in [7, 11) is 3.54. The molecule has 4 heteroatoms. The first-order chi connectivity index (χ1) is 8.20. The molecule has 1 rings (SSSR count). The van der Waals surface area contributed by atoms with E-state index in [1.165, 1.54) is 6.07 Å². The van der Waals surface area contributed by atoms with Gasteiger partial charge in [0.2, 0.25) is 0 Å². The molecule has 0 heterocycles. The first kappa shape index (κ1) is 14.5. The molecule has 1 N–H and O–H groups in total. The Morgan fingerprint density at radius 3 is 2.88 bits per heavy atom. The third kappa shape index (κ3) is 4.30. The summed E-state index contributed by atoms with van der Waals surface area (Å²) in [6, 6.07) is 5.28. The van der Waals surface area contributed by atoms with Gasteiger partial charge in [0.25, 0.3) is 0 Å². The third-order valence-electron chi connectivity index (χ3n) is 2.63. The minimum atomic E-state index is -0.136. The van der Waals surface area contributed by atoms with Crippen molar-refractivity contribution in [3.8, 4) is 0 Å². The average molecular weight is 257 g/mol. The van der Waals surface area contributed by atoms with Gasteiger partial charge in [0, 0.05) is 36.0 Å². The molecule has 0 saturated carbocycles. The lowest BCUT2D eigenvalue weighted by Crippen LogP contribution is -2.15. The summed E-state index contributed by atoms with van der Waals surface area (Å²) in [5, 5.41) is 3.09. The molecule has 0 amide bonds. The fourth-order valence-electron chi connectivity index (χ4n) is 1.59. The molecule has 1 unspecified atom stereocenters. The number of hydrogen-bond acceptors (Lipinski definition) is 3. The number of nitrogens with one attached hydrogen (secondary N) is 1. The Kier molecular flexibility index (Phi) is 6.55. The van der Waals surface area contributed by atoms with Gasteiger partial charge in [-0.25, -0.2) is 4.39 Å². The fraction of sp³-hybridized carbons (Fsp3) is 0.538. The maximum atomic E-state index is 13.8. The van der Waals surface area contributed by atoms with Crippen LogP contribution in [-0.4, -0.2) is 26.5 Å². The molecule has 0 spiro atoms. The Bertz CT molecular complexity index is 346. The van der Waals surface area contributed by atoms with E-state index in [1.807, 2.05) is 20.0 Å². The minimum Gasteiger partial charge on any atom is -0.385 e. The molecular weight excluding hydrogens is 237 g/mol. The molecule has 0 fully saturated rings. The lowest BCUT2D eigenvalue weighted by Gasteiger charge is -2.16. The molecule has 0 aliphatic rings. The van der Waals surface area contributed by atoms with Crippen LogP contribution in [0.2, 0.25) is 0 Å². The van der Waals surface area contributed by atoms with Crippen LogP contribution in [0.25, 0.3) is 0 Å². The van der Waals surface area contributed by atoms with Crippen LogP contribution in [0.4, 0.5) is 4.39 Å². The van der Waals surface area contributed by atoms with Gasteiger partial charge in [-0.05, 0) is 32.5 Å². The summed E-state index contributed by atoms with van der Waals surface area (Å²) in [5.74, 6) is 0.810. The van der Waals surface area contributed by atoms with Crippen LogP contribution in [0.1, 0.15) is 24.9 Å². The third-order valence-corrected chi connectivity index (χ3v) is 3.79. The number of methoxy groups -OCH3 is 1. The summed E-state index contributed by atoms with van der Waals surface area (Å²) >= 11 is 1.68. The van der Waals surface area contributed by atoms with E-state index >= 15 is 0 Å². The zero-order valence-corrected chi connectivity index (χ0v) is 11.4. The van der Waals surface area contributed by atoms with Crippen molar-refractivity contribution in [2.45, 2.75) is 24.3 Å². The van der Waals surface area contributed by atoms with Gasteiger partial charge in [0.05, 0.1) is 0 Å². The fourth-order valence-corrected chi connectivity index (χ4v) is 2.68. The smallest absolute Gasteiger partial charge is 0.129 e. The van der Waals surface area contributed by atoms with Crippen molar-refractivity contribution in [1.29, 1.82) is 0 Å². The van der Waals surface area contributed by atoms with Crippen molar-refractivity contribution in [1.82, 2.24) is 5.32 Å². The first-order valence-corrected chi connectivity index (χ1v) is 6.76. The quantitative estimate of drug-likeness (QED) is 0.598. The van der Waals surface area contributed by atoms with Gasteiger partial charge in [0.1, 0.15) is 5.82 Å². The molecule has 1 aromatic carbocycles. The second kappa shape index (κ2) is 7.69. The summed E-state index contributed by atoms with van der Waals surface area (Å²) in [5.41, 5.74) is 0.761. The van der Waals surface area contributed by atoms with E-state index in [1.54, 1.807) is 24.9 Å². The lowest BCUT2D eigenvalue weighted by molar-refractivity contribution is 0.200. The Balaban J connectivity index is 2.73. The summed E-state index contributed by atoms with van der Waals surface area (Å²) in [4.78, 5) is 1.02. The van der Waals surface area contributed by atoms with Crippen LogP contribution in [0, 0.1) is 5.82 Å². The van der Waals surface area contributed by atoms with Crippen LogP contribution >= 0.6 is 11.8 Å². The second-order valence-corrected chi connectivity index (χ2v) is 4.99. The topological polar surface area (TPSA) is 21.3 Å². The molecule has 0 aliphatic carbocycles. The lowest BCUT2D eigenvalue weighted by atomic mass is 10.1. The zero-order chi connectivity index (χ0) is 12.7. The van der Waals surface area contributed by atoms with Crippen molar-refractivity contribution >= 4 is 11.8 Å². The van der Waals surface area contributed by atoms with Crippen LogP contribution in [0.15, 0.2) is 23.1 Å². The number of hydrogen-bond donors (Lipinski definition) is 1. The highest BCUT2D eigenvalue weighted by Gasteiger charge is 2.14. The number of thioether (sulfide) groups is 1. The second-order valence-electron chi connectivity index (χ2n) is 3.86. The van der Waals surface area contributed by atoms with Crippen molar-refractivity contribution in [2.24, 2.45) is 0 Å². The zero-order valence-electron chi connectivity index (χ0n) is 10.6. The molecule has 0 aliphatic heterocycles. The van der Waals surface area contributed by atoms with Crippen LogP contribution in [0.5, 0.6) is 0 Å². The van der Waals surface area contributed by atoms with Crippen molar-refractivity contribution in [2.75, 3.05) is 26.5 Å². The van der Waals surface area contributed by atoms with E-state index in [2.05, 4.69) is 5.32 Å². The maximum absolute atomic E-state index is 13.8. The van der Waals surface area contributed by atoms with E-state index in [0.29, 0.717) is 0 Å². The highest BCUT2D eigenvalue weighted by Crippen LogP contribution is 2.29. The molecule has 0 saturated heterocycles. The normalized spacial score (nSPS) is 12.7. The van der Waals surface area contributed by atoms with E-state index in [9.17, 15) is 4.39 Å². The highest BCUT2D eigenvalue weighted by molar-refractivity contribution is 7.99. The molecule has 1 aromatic rings. The molecule has 1 atom stereocenters. The van der Waals surface area contributed by atoms with Crippen LogP contribution in [0.3, 0.4) is 0 Å². The number of ether oxygens (including phenoxy) is 1. The van der Waals surface area contributed by atoms with Gasteiger partial charge in [-0.3, -0.25) is 0 Å². The predicted octanol–water partition coefficient (Wildman–Crippen LogP) is 3.23. The highest BCUT2D eigenvalue weighted by atomic mass is 32.2. The van der Waals surface area contributed by atoms with Crippen molar-refractivity contribution < 1.29 is 9.13 Å². The van der Waals surface area contributed by atoms with Crippen molar-refractivity contribution in [3.63, 3.8) is 0 Å². The van der Waals surface area contributed by atoms with Crippen molar-refractivity contribution in [3.05, 3.63) is 29.6 Å². The van der Waals surface area contributed by atoms with Gasteiger partial charge in [-0.2, -0.15) is 0 Å². The maximum Gasteiger partial charge on any atom is 0.129 e. The van der Waals surface area contributed by atoms with E-state index in [4.69, 9.17) is 4.74 Å². The predicted molar refractivity (Wildman–Crippen MR) is 71.1 cm³/mol. The summed E-state index contributed by atoms with van der Waals surface area (Å²) in [6.07, 6.45) is 0.977. The standard InChI is InChI=1S/C13H20FNOS/c1-10(15-2)13-11(14)6-4-7-12(13)17-9-5-8-16-3/h4,6-7,10,15H,5,8-9H2,1-3H3. The molecule has 0 aromatic heterocycles. The number of rotatable bonds is 7. The Hall–Kier alpha value is -0.580. The summed E-state index contributed by atoms with van der Waals surface area (Å²) < 4.78 is 18.8. The van der Waals surface area contributed by atoms with Gasteiger partial charge >= 0.3 is 0 Å². The molecule has 2 nitrogen and oxygen atoms in total. The molecule has 0 radical (unpaired) electrons. The SMILES string of the molecule is CNC(C)c1c(F)cccc1SCCCOC.